The first-order chi connectivity index (χ1) is 7.99. The van der Waals surface area contributed by atoms with Crippen LogP contribution in [0.15, 0.2) is 22.7 Å². The molecular weight excluding hydrogens is 304 g/mol. The second-order valence-electron chi connectivity index (χ2n) is 4.04. The van der Waals surface area contributed by atoms with Crippen LogP contribution in [-0.4, -0.2) is 18.5 Å². The summed E-state index contributed by atoms with van der Waals surface area (Å²) in [6.45, 7) is 4.77. The summed E-state index contributed by atoms with van der Waals surface area (Å²) in [5, 5.41) is 6.57. The normalized spacial score (nSPS) is 10.6. The number of carbonyl (C=O) groups excluding carboxylic acids is 1. The van der Waals surface area contributed by atoms with Crippen molar-refractivity contribution >= 4 is 39.1 Å². The predicted molar refractivity (Wildman–Crippen MR) is 75.5 cm³/mol. The number of anilines is 1. The van der Waals surface area contributed by atoms with Crippen LogP contribution >= 0.6 is 27.5 Å². The number of carbonyl (C=O) groups is 1. The lowest BCUT2D eigenvalue weighted by Gasteiger charge is -2.09. The highest BCUT2D eigenvalue weighted by Gasteiger charge is 2.04. The van der Waals surface area contributed by atoms with Crippen molar-refractivity contribution in [2.24, 2.45) is 0 Å². The fourth-order valence-electron chi connectivity index (χ4n) is 1.27. The van der Waals surface area contributed by atoms with Gasteiger partial charge in [-0.3, -0.25) is 4.79 Å². The summed E-state index contributed by atoms with van der Waals surface area (Å²) in [5.41, 5.74) is 0.716. The molecule has 0 spiro atoms. The van der Waals surface area contributed by atoms with Crippen molar-refractivity contribution in [2.45, 2.75) is 26.3 Å². The van der Waals surface area contributed by atoms with Gasteiger partial charge < -0.3 is 10.6 Å². The molecule has 0 radical (unpaired) electrons. The number of benzene rings is 1. The molecule has 0 aliphatic heterocycles. The molecule has 0 saturated carbocycles. The first-order valence-electron chi connectivity index (χ1n) is 5.47. The van der Waals surface area contributed by atoms with Crippen molar-refractivity contribution in [3.8, 4) is 0 Å². The van der Waals surface area contributed by atoms with Crippen LogP contribution in [0.25, 0.3) is 0 Å². The van der Waals surface area contributed by atoms with Gasteiger partial charge in [0, 0.05) is 29.2 Å². The monoisotopic (exact) mass is 318 g/mol. The number of nitrogens with one attached hydrogen (secondary N) is 2. The first-order valence-corrected chi connectivity index (χ1v) is 6.64. The third-order valence-corrected chi connectivity index (χ3v) is 3.34. The molecule has 17 heavy (non-hydrogen) atoms. The molecule has 94 valence electrons. The summed E-state index contributed by atoms with van der Waals surface area (Å²) >= 11 is 9.23. The molecule has 2 N–H and O–H groups in total. The van der Waals surface area contributed by atoms with Crippen molar-refractivity contribution in [3.05, 3.63) is 27.7 Å². The molecule has 0 atom stereocenters. The largest absolute Gasteiger partial charge is 0.326 e. The minimum atomic E-state index is -0.0171. The lowest BCUT2D eigenvalue weighted by atomic mass is 10.3. The molecule has 1 amide bonds. The fourth-order valence-corrected chi connectivity index (χ4v) is 1.70. The fraction of sp³-hybridized carbons (Fsp3) is 0.417. The molecule has 3 nitrogen and oxygen atoms in total. The van der Waals surface area contributed by atoms with E-state index in [-0.39, 0.29) is 5.91 Å². The molecule has 0 aliphatic carbocycles. The molecule has 1 rings (SSSR count). The van der Waals surface area contributed by atoms with E-state index in [9.17, 15) is 4.79 Å². The van der Waals surface area contributed by atoms with E-state index in [1.54, 1.807) is 6.07 Å². The molecule has 0 fully saturated rings. The zero-order chi connectivity index (χ0) is 12.8. The second kappa shape index (κ2) is 6.99. The minimum absolute atomic E-state index is 0.0171. The number of halogens is 2. The van der Waals surface area contributed by atoms with Crippen molar-refractivity contribution < 1.29 is 4.79 Å². The van der Waals surface area contributed by atoms with Crippen LogP contribution in [0.1, 0.15) is 20.3 Å². The SMILES string of the molecule is CC(C)NCCC(=O)Nc1ccc(Br)c(Cl)c1. The summed E-state index contributed by atoms with van der Waals surface area (Å²) in [6.07, 6.45) is 0.450. The van der Waals surface area contributed by atoms with Crippen LogP contribution < -0.4 is 10.6 Å². The Bertz CT molecular complexity index is 396. The third kappa shape index (κ3) is 5.52. The van der Waals surface area contributed by atoms with Crippen molar-refractivity contribution in [2.75, 3.05) is 11.9 Å². The molecule has 5 heteroatoms. The van der Waals surface area contributed by atoms with Crippen LogP contribution in [0.3, 0.4) is 0 Å². The van der Waals surface area contributed by atoms with E-state index in [2.05, 4.69) is 26.6 Å². The topological polar surface area (TPSA) is 41.1 Å². The summed E-state index contributed by atoms with van der Waals surface area (Å²) in [5.74, 6) is -0.0171. The minimum Gasteiger partial charge on any atom is -0.326 e. The van der Waals surface area contributed by atoms with Gasteiger partial charge in [-0.05, 0) is 34.1 Å². The third-order valence-electron chi connectivity index (χ3n) is 2.11. The van der Waals surface area contributed by atoms with Crippen LogP contribution in [0.4, 0.5) is 5.69 Å². The van der Waals surface area contributed by atoms with Gasteiger partial charge >= 0.3 is 0 Å². The van der Waals surface area contributed by atoms with Gasteiger partial charge in [0.2, 0.25) is 5.91 Å². The Labute approximate surface area is 115 Å². The Morgan fingerprint density at radius 2 is 2.18 bits per heavy atom. The maximum absolute atomic E-state index is 11.6. The average Bonchev–Trinajstić information content (AvgIpc) is 2.23. The quantitative estimate of drug-likeness (QED) is 0.873. The Kier molecular flexibility index (Phi) is 5.95. The van der Waals surface area contributed by atoms with E-state index in [1.165, 1.54) is 0 Å². The maximum atomic E-state index is 11.6. The summed E-state index contributed by atoms with van der Waals surface area (Å²) in [6, 6.07) is 5.73. The van der Waals surface area contributed by atoms with E-state index >= 15 is 0 Å². The molecule has 0 aliphatic rings. The predicted octanol–water partition coefficient (Wildman–Crippen LogP) is 3.43. The molecule has 0 aromatic heterocycles. The van der Waals surface area contributed by atoms with Gasteiger partial charge in [-0.1, -0.05) is 25.4 Å². The summed E-state index contributed by atoms with van der Waals surface area (Å²) in [4.78, 5) is 11.6. The van der Waals surface area contributed by atoms with E-state index in [1.807, 2.05) is 26.0 Å². The zero-order valence-electron chi connectivity index (χ0n) is 9.89. The Morgan fingerprint density at radius 3 is 2.76 bits per heavy atom. The molecule has 1 aromatic carbocycles. The number of amides is 1. The van der Waals surface area contributed by atoms with Gasteiger partial charge in [-0.15, -0.1) is 0 Å². The number of hydrogen-bond acceptors (Lipinski definition) is 2. The van der Waals surface area contributed by atoms with Crippen LogP contribution in [0, 0.1) is 0 Å². The standard InChI is InChI=1S/C12H16BrClN2O/c1-8(2)15-6-5-12(17)16-9-3-4-10(13)11(14)7-9/h3-4,7-8,15H,5-6H2,1-2H3,(H,16,17). The molecular formula is C12H16BrClN2O. The van der Waals surface area contributed by atoms with Crippen LogP contribution in [-0.2, 0) is 4.79 Å². The average molecular weight is 320 g/mol. The lowest BCUT2D eigenvalue weighted by molar-refractivity contribution is -0.116. The highest BCUT2D eigenvalue weighted by atomic mass is 79.9. The summed E-state index contributed by atoms with van der Waals surface area (Å²) < 4.78 is 0.818. The second-order valence-corrected chi connectivity index (χ2v) is 5.30. The van der Waals surface area contributed by atoms with Crippen LogP contribution in [0.5, 0.6) is 0 Å². The van der Waals surface area contributed by atoms with Gasteiger partial charge in [0.1, 0.15) is 0 Å². The van der Waals surface area contributed by atoms with Crippen molar-refractivity contribution in [3.63, 3.8) is 0 Å². The Hall–Kier alpha value is -0.580. The highest BCUT2D eigenvalue weighted by Crippen LogP contribution is 2.25. The zero-order valence-corrected chi connectivity index (χ0v) is 12.2. The van der Waals surface area contributed by atoms with Gasteiger partial charge in [0.05, 0.1) is 5.02 Å². The van der Waals surface area contributed by atoms with E-state index in [4.69, 9.17) is 11.6 Å². The molecule has 0 heterocycles. The molecule has 0 bridgehead atoms. The van der Waals surface area contributed by atoms with Gasteiger partial charge in [0.15, 0.2) is 0 Å². The Balaban J connectivity index is 2.42. The number of rotatable bonds is 5. The first kappa shape index (κ1) is 14.5. The molecule has 0 unspecified atom stereocenters. The number of hydrogen-bond donors (Lipinski definition) is 2. The van der Waals surface area contributed by atoms with E-state index in [0.717, 1.165) is 4.47 Å². The Morgan fingerprint density at radius 1 is 1.47 bits per heavy atom. The smallest absolute Gasteiger partial charge is 0.225 e. The van der Waals surface area contributed by atoms with E-state index in [0.29, 0.717) is 29.7 Å². The van der Waals surface area contributed by atoms with Gasteiger partial charge in [0.25, 0.3) is 0 Å². The van der Waals surface area contributed by atoms with Gasteiger partial charge in [-0.25, -0.2) is 0 Å². The molecule has 0 saturated heterocycles. The van der Waals surface area contributed by atoms with Crippen molar-refractivity contribution in [1.82, 2.24) is 5.32 Å². The molecule has 1 aromatic rings. The summed E-state index contributed by atoms with van der Waals surface area (Å²) in [7, 11) is 0. The van der Waals surface area contributed by atoms with Gasteiger partial charge in [-0.2, -0.15) is 0 Å². The highest BCUT2D eigenvalue weighted by molar-refractivity contribution is 9.10. The van der Waals surface area contributed by atoms with Crippen LogP contribution in [0.2, 0.25) is 5.02 Å². The lowest BCUT2D eigenvalue weighted by Crippen LogP contribution is -2.27. The van der Waals surface area contributed by atoms with Crippen molar-refractivity contribution in [1.29, 1.82) is 0 Å². The van der Waals surface area contributed by atoms with E-state index < -0.39 is 0 Å². The maximum Gasteiger partial charge on any atom is 0.225 e.